The largest absolute Gasteiger partial charge is 0.309 e. The van der Waals surface area contributed by atoms with Crippen LogP contribution in [-0.4, -0.2) is 6.54 Å². The van der Waals surface area contributed by atoms with Crippen molar-refractivity contribution in [2.24, 2.45) is 0 Å². The summed E-state index contributed by atoms with van der Waals surface area (Å²) in [5.74, 6) is -0.149. The average Bonchev–Trinajstić information content (AvgIpc) is 2.85. The molecule has 4 heteroatoms. The van der Waals surface area contributed by atoms with E-state index in [1.54, 1.807) is 11.3 Å². The van der Waals surface area contributed by atoms with Gasteiger partial charge in [0.25, 0.3) is 0 Å². The molecule has 1 heterocycles. The van der Waals surface area contributed by atoms with E-state index in [4.69, 9.17) is 0 Å². The van der Waals surface area contributed by atoms with Gasteiger partial charge in [0.2, 0.25) is 0 Å². The predicted octanol–water partition coefficient (Wildman–Crippen LogP) is 4.54. The molecule has 0 aliphatic rings. The number of thiophene rings is 1. The second kappa shape index (κ2) is 6.45. The molecule has 0 radical (unpaired) electrons. The molecule has 18 heavy (non-hydrogen) atoms. The van der Waals surface area contributed by atoms with Crippen molar-refractivity contribution < 1.29 is 4.39 Å². The zero-order valence-electron chi connectivity index (χ0n) is 10.1. The summed E-state index contributed by atoms with van der Waals surface area (Å²) in [5, 5.41) is 5.46. The molecule has 0 saturated carbocycles. The van der Waals surface area contributed by atoms with E-state index in [2.05, 4.69) is 39.6 Å². The lowest BCUT2D eigenvalue weighted by Gasteiger charge is -2.17. The Hall–Kier alpha value is -0.710. The molecule has 96 valence electrons. The summed E-state index contributed by atoms with van der Waals surface area (Å²) in [5.41, 5.74) is 0.748. The molecule has 0 amide bonds. The van der Waals surface area contributed by atoms with E-state index in [1.807, 2.05) is 18.2 Å². The Balaban J connectivity index is 2.18. The van der Waals surface area contributed by atoms with Crippen LogP contribution in [-0.2, 0) is 6.42 Å². The zero-order valence-corrected chi connectivity index (χ0v) is 12.5. The first-order valence-corrected chi connectivity index (χ1v) is 7.58. The van der Waals surface area contributed by atoms with Gasteiger partial charge in [-0.1, -0.05) is 35.0 Å². The second-order valence-electron chi connectivity index (χ2n) is 4.07. The van der Waals surface area contributed by atoms with Crippen molar-refractivity contribution in [1.82, 2.24) is 5.32 Å². The van der Waals surface area contributed by atoms with Gasteiger partial charge in [-0.25, -0.2) is 4.39 Å². The van der Waals surface area contributed by atoms with E-state index in [0.717, 1.165) is 16.6 Å². The van der Waals surface area contributed by atoms with E-state index in [9.17, 15) is 4.39 Å². The third kappa shape index (κ3) is 3.40. The third-order valence-electron chi connectivity index (χ3n) is 2.78. The molecule has 0 fully saturated rings. The molecule has 2 rings (SSSR count). The fourth-order valence-corrected chi connectivity index (χ4v) is 3.05. The number of rotatable bonds is 5. The fraction of sp³-hybridized carbons (Fsp3) is 0.286. The molecule has 0 aliphatic carbocycles. The van der Waals surface area contributed by atoms with Crippen molar-refractivity contribution in [1.29, 1.82) is 0 Å². The summed E-state index contributed by atoms with van der Waals surface area (Å²) in [6, 6.07) is 9.56. The fourth-order valence-electron chi connectivity index (χ4n) is 1.92. The normalized spacial score (nSPS) is 12.6. The number of halogens is 2. The summed E-state index contributed by atoms with van der Waals surface area (Å²) in [6.45, 7) is 2.94. The minimum atomic E-state index is -0.149. The minimum absolute atomic E-state index is 0.149. The van der Waals surface area contributed by atoms with Gasteiger partial charge in [-0.15, -0.1) is 11.3 Å². The molecule has 0 saturated heterocycles. The Morgan fingerprint density at radius 1 is 1.39 bits per heavy atom. The maximum Gasteiger partial charge on any atom is 0.127 e. The lowest BCUT2D eigenvalue weighted by Crippen LogP contribution is -2.22. The summed E-state index contributed by atoms with van der Waals surface area (Å²) in [6.07, 6.45) is 0.674. The molecule has 0 aliphatic heterocycles. The summed E-state index contributed by atoms with van der Waals surface area (Å²) in [7, 11) is 0. The summed E-state index contributed by atoms with van der Waals surface area (Å²) >= 11 is 4.98. The van der Waals surface area contributed by atoms with Crippen LogP contribution in [0.1, 0.15) is 23.4 Å². The minimum Gasteiger partial charge on any atom is -0.309 e. The second-order valence-corrected chi connectivity index (χ2v) is 5.96. The molecule has 0 spiro atoms. The van der Waals surface area contributed by atoms with Gasteiger partial charge in [0.05, 0.1) is 0 Å². The Morgan fingerprint density at radius 3 is 2.83 bits per heavy atom. The number of hydrogen-bond acceptors (Lipinski definition) is 2. The van der Waals surface area contributed by atoms with Gasteiger partial charge in [0.15, 0.2) is 0 Å². The first kappa shape index (κ1) is 13.7. The molecule has 0 bridgehead atoms. The van der Waals surface area contributed by atoms with Gasteiger partial charge >= 0.3 is 0 Å². The highest BCUT2D eigenvalue weighted by Gasteiger charge is 2.14. The Kier molecular flexibility index (Phi) is 4.92. The SMILES string of the molecule is CCNC(Cc1ccc(Br)cc1F)c1cccs1. The lowest BCUT2D eigenvalue weighted by molar-refractivity contribution is 0.534. The van der Waals surface area contributed by atoms with E-state index < -0.39 is 0 Å². The number of nitrogens with one attached hydrogen (secondary N) is 1. The van der Waals surface area contributed by atoms with Crippen molar-refractivity contribution in [3.05, 3.63) is 56.4 Å². The van der Waals surface area contributed by atoms with Crippen molar-refractivity contribution in [3.8, 4) is 0 Å². The van der Waals surface area contributed by atoms with Crippen molar-refractivity contribution >= 4 is 27.3 Å². The van der Waals surface area contributed by atoms with E-state index >= 15 is 0 Å². The molecule has 1 nitrogen and oxygen atoms in total. The number of hydrogen-bond donors (Lipinski definition) is 1. The standard InChI is InChI=1S/C14H15BrFNS/c1-2-17-13(14-4-3-7-18-14)8-10-5-6-11(15)9-12(10)16/h3-7,9,13,17H,2,8H2,1H3. The molecule has 2 aromatic rings. The summed E-state index contributed by atoms with van der Waals surface area (Å²) in [4.78, 5) is 1.25. The average molecular weight is 328 g/mol. The third-order valence-corrected chi connectivity index (χ3v) is 4.26. The maximum atomic E-state index is 13.8. The van der Waals surface area contributed by atoms with Crippen LogP contribution in [0.25, 0.3) is 0 Å². The van der Waals surface area contributed by atoms with E-state index in [-0.39, 0.29) is 11.9 Å². The Morgan fingerprint density at radius 2 is 2.22 bits per heavy atom. The van der Waals surface area contributed by atoms with Crippen molar-refractivity contribution in [2.75, 3.05) is 6.54 Å². The van der Waals surface area contributed by atoms with Crippen molar-refractivity contribution in [3.63, 3.8) is 0 Å². The van der Waals surface area contributed by atoms with Crippen molar-refractivity contribution in [2.45, 2.75) is 19.4 Å². The smallest absolute Gasteiger partial charge is 0.127 e. The van der Waals surface area contributed by atoms with Crippen LogP contribution in [0.2, 0.25) is 0 Å². The van der Waals surface area contributed by atoms with Gasteiger partial charge in [0, 0.05) is 15.4 Å². The zero-order chi connectivity index (χ0) is 13.0. The molecule has 1 aromatic carbocycles. The lowest BCUT2D eigenvalue weighted by atomic mass is 10.0. The maximum absolute atomic E-state index is 13.8. The molecule has 1 N–H and O–H groups in total. The highest BCUT2D eigenvalue weighted by atomic mass is 79.9. The van der Waals surface area contributed by atoms with Crippen LogP contribution in [0.15, 0.2) is 40.2 Å². The first-order chi connectivity index (χ1) is 8.70. The van der Waals surface area contributed by atoms with Gasteiger partial charge in [-0.05, 0) is 42.1 Å². The molecule has 1 unspecified atom stereocenters. The van der Waals surface area contributed by atoms with Gasteiger partial charge < -0.3 is 5.32 Å². The van der Waals surface area contributed by atoms with Crippen LogP contribution in [0.3, 0.4) is 0 Å². The number of benzene rings is 1. The highest BCUT2D eigenvalue weighted by Crippen LogP contribution is 2.25. The van der Waals surface area contributed by atoms with Crippen LogP contribution in [0.5, 0.6) is 0 Å². The highest BCUT2D eigenvalue weighted by molar-refractivity contribution is 9.10. The predicted molar refractivity (Wildman–Crippen MR) is 78.5 cm³/mol. The van der Waals surface area contributed by atoms with Gasteiger partial charge in [0.1, 0.15) is 5.82 Å². The van der Waals surface area contributed by atoms with Crippen LogP contribution in [0, 0.1) is 5.82 Å². The van der Waals surface area contributed by atoms with Crippen LogP contribution in [0.4, 0.5) is 4.39 Å². The quantitative estimate of drug-likeness (QED) is 0.849. The first-order valence-electron chi connectivity index (χ1n) is 5.91. The molecule has 1 atom stereocenters. The van der Waals surface area contributed by atoms with Crippen LogP contribution >= 0.6 is 27.3 Å². The number of likely N-dealkylation sites (N-methyl/N-ethyl adjacent to an activating group) is 1. The molecular weight excluding hydrogens is 313 g/mol. The Bertz CT molecular complexity index is 499. The topological polar surface area (TPSA) is 12.0 Å². The van der Waals surface area contributed by atoms with Gasteiger partial charge in [-0.2, -0.15) is 0 Å². The molecular formula is C14H15BrFNS. The monoisotopic (exact) mass is 327 g/mol. The van der Waals surface area contributed by atoms with E-state index in [1.165, 1.54) is 10.9 Å². The van der Waals surface area contributed by atoms with Crippen LogP contribution < -0.4 is 5.32 Å². The Labute approximate surface area is 119 Å². The summed E-state index contributed by atoms with van der Waals surface area (Å²) < 4.78 is 14.6. The van der Waals surface area contributed by atoms with Gasteiger partial charge in [-0.3, -0.25) is 0 Å². The van der Waals surface area contributed by atoms with E-state index in [0.29, 0.717) is 6.42 Å². The molecule has 1 aromatic heterocycles.